The number of hydrogen-bond donors (Lipinski definition) is 2. The first-order valence-corrected chi connectivity index (χ1v) is 6.32. The number of amides is 1. The molecule has 0 aliphatic rings. The Bertz CT molecular complexity index is 513. The van der Waals surface area contributed by atoms with Crippen molar-refractivity contribution >= 4 is 33.9 Å². The van der Waals surface area contributed by atoms with Crippen molar-refractivity contribution in [1.82, 2.24) is 5.32 Å². The van der Waals surface area contributed by atoms with Gasteiger partial charge in [-0.25, -0.2) is 4.79 Å². The van der Waals surface area contributed by atoms with Crippen LogP contribution in [0.2, 0.25) is 0 Å². The van der Waals surface area contributed by atoms with Gasteiger partial charge in [-0.2, -0.15) is 0 Å². The lowest BCUT2D eigenvalue weighted by Crippen LogP contribution is -2.33. The molecule has 0 saturated carbocycles. The molecule has 5 nitrogen and oxygen atoms in total. The smallest absolute Gasteiger partial charge is 0.328 e. The number of carboxylic acids is 1. The van der Waals surface area contributed by atoms with Crippen LogP contribution in [-0.4, -0.2) is 30.1 Å². The average molecular weight is 328 g/mol. The topological polar surface area (TPSA) is 75.6 Å². The van der Waals surface area contributed by atoms with Crippen molar-refractivity contribution in [3.05, 3.63) is 34.3 Å². The Morgan fingerprint density at radius 1 is 1.47 bits per heavy atom. The maximum absolute atomic E-state index is 11.4. The van der Waals surface area contributed by atoms with E-state index in [4.69, 9.17) is 9.84 Å². The Labute approximate surface area is 119 Å². The number of likely N-dealkylation sites (N-methyl/N-ethyl adjacent to an activating group) is 1. The van der Waals surface area contributed by atoms with Crippen LogP contribution in [-0.2, 0) is 9.59 Å². The zero-order valence-corrected chi connectivity index (χ0v) is 12.1. The van der Waals surface area contributed by atoms with Gasteiger partial charge in [-0.3, -0.25) is 4.79 Å². The number of carbonyl (C=O) groups excluding carboxylic acids is 1. The maximum atomic E-state index is 11.4. The monoisotopic (exact) mass is 327 g/mol. The Balaban J connectivity index is 2.99. The molecule has 1 unspecified atom stereocenters. The molecule has 2 N–H and O–H groups in total. The largest absolute Gasteiger partial charge is 0.480 e. The Morgan fingerprint density at radius 2 is 2.16 bits per heavy atom. The standard InChI is InChI=1S/C13H14BrNO4/c1-8(13(18)15-2)19-11-5-4-10(14)7-9(11)3-6-12(16)17/h3-8H,1-2H3,(H,15,18)(H,16,17)/b6-3+. The fourth-order valence-electron chi connectivity index (χ4n) is 1.37. The van der Waals surface area contributed by atoms with Gasteiger partial charge in [0.1, 0.15) is 5.75 Å². The quantitative estimate of drug-likeness (QED) is 0.812. The second kappa shape index (κ2) is 6.94. The highest BCUT2D eigenvalue weighted by molar-refractivity contribution is 9.10. The average Bonchev–Trinajstić information content (AvgIpc) is 2.37. The lowest BCUT2D eigenvalue weighted by Gasteiger charge is -2.15. The van der Waals surface area contributed by atoms with Crippen molar-refractivity contribution in [2.45, 2.75) is 13.0 Å². The van der Waals surface area contributed by atoms with Crippen molar-refractivity contribution in [2.75, 3.05) is 7.05 Å². The molecule has 0 bridgehead atoms. The molecule has 6 heteroatoms. The second-order valence-electron chi connectivity index (χ2n) is 3.73. The molecule has 1 aromatic rings. The van der Waals surface area contributed by atoms with Crippen molar-refractivity contribution in [3.8, 4) is 5.75 Å². The van der Waals surface area contributed by atoms with E-state index in [1.807, 2.05) is 0 Å². The summed E-state index contributed by atoms with van der Waals surface area (Å²) in [7, 11) is 1.52. The van der Waals surface area contributed by atoms with Crippen molar-refractivity contribution < 1.29 is 19.4 Å². The number of rotatable bonds is 5. The van der Waals surface area contributed by atoms with Gasteiger partial charge in [0, 0.05) is 23.2 Å². The summed E-state index contributed by atoms with van der Waals surface area (Å²) >= 11 is 3.30. The molecule has 1 aromatic carbocycles. The lowest BCUT2D eigenvalue weighted by atomic mass is 10.2. The van der Waals surface area contributed by atoms with Gasteiger partial charge >= 0.3 is 5.97 Å². The predicted octanol–water partition coefficient (Wildman–Crippen LogP) is 2.06. The Morgan fingerprint density at radius 3 is 2.74 bits per heavy atom. The summed E-state index contributed by atoms with van der Waals surface area (Å²) in [6, 6.07) is 5.14. The van der Waals surface area contributed by atoms with Crippen LogP contribution in [0.5, 0.6) is 5.75 Å². The van der Waals surface area contributed by atoms with Gasteiger partial charge in [-0.1, -0.05) is 15.9 Å². The zero-order chi connectivity index (χ0) is 14.4. The molecule has 102 valence electrons. The van der Waals surface area contributed by atoms with Crippen LogP contribution in [0.15, 0.2) is 28.7 Å². The zero-order valence-electron chi connectivity index (χ0n) is 10.5. The minimum Gasteiger partial charge on any atom is -0.480 e. The molecule has 0 spiro atoms. The third-order valence-electron chi connectivity index (χ3n) is 2.30. The molecule has 19 heavy (non-hydrogen) atoms. The van der Waals surface area contributed by atoms with E-state index in [-0.39, 0.29) is 5.91 Å². The summed E-state index contributed by atoms with van der Waals surface area (Å²) in [5.41, 5.74) is 0.576. The van der Waals surface area contributed by atoms with E-state index < -0.39 is 12.1 Å². The summed E-state index contributed by atoms with van der Waals surface area (Å²) in [4.78, 5) is 21.9. The summed E-state index contributed by atoms with van der Waals surface area (Å²) in [6.07, 6.45) is 1.77. The third kappa shape index (κ3) is 4.75. The normalized spacial score (nSPS) is 12.2. The van der Waals surface area contributed by atoms with Crippen LogP contribution in [0, 0.1) is 0 Å². The number of aliphatic carboxylic acids is 1. The van der Waals surface area contributed by atoms with E-state index in [1.54, 1.807) is 25.1 Å². The van der Waals surface area contributed by atoms with Crippen LogP contribution in [0.3, 0.4) is 0 Å². The van der Waals surface area contributed by atoms with Gasteiger partial charge in [0.05, 0.1) is 0 Å². The first kappa shape index (κ1) is 15.2. The predicted molar refractivity (Wildman–Crippen MR) is 75.0 cm³/mol. The first-order chi connectivity index (χ1) is 8.93. The van der Waals surface area contributed by atoms with Gasteiger partial charge in [0.15, 0.2) is 6.10 Å². The molecule has 1 atom stereocenters. The minimum atomic E-state index is -1.05. The summed E-state index contributed by atoms with van der Waals surface area (Å²) in [5.74, 6) is -0.863. The van der Waals surface area contributed by atoms with Crippen LogP contribution in [0.25, 0.3) is 6.08 Å². The van der Waals surface area contributed by atoms with Crippen LogP contribution in [0.4, 0.5) is 0 Å². The summed E-state index contributed by atoms with van der Waals surface area (Å²) in [6.45, 7) is 1.62. The van der Waals surface area contributed by atoms with Crippen molar-refractivity contribution in [2.24, 2.45) is 0 Å². The van der Waals surface area contributed by atoms with Gasteiger partial charge < -0.3 is 15.2 Å². The number of ether oxygens (including phenoxy) is 1. The number of carbonyl (C=O) groups is 2. The highest BCUT2D eigenvalue weighted by atomic mass is 79.9. The SMILES string of the molecule is CNC(=O)C(C)Oc1ccc(Br)cc1/C=C/C(=O)O. The van der Waals surface area contributed by atoms with Crippen molar-refractivity contribution in [3.63, 3.8) is 0 Å². The first-order valence-electron chi connectivity index (χ1n) is 5.53. The van der Waals surface area contributed by atoms with E-state index in [9.17, 15) is 9.59 Å². The molecule has 1 amide bonds. The fraction of sp³-hybridized carbons (Fsp3) is 0.231. The van der Waals surface area contributed by atoms with Crippen LogP contribution < -0.4 is 10.1 Å². The molecule has 0 radical (unpaired) electrons. The molecule has 0 fully saturated rings. The van der Waals surface area contributed by atoms with Gasteiger partial charge in [-0.15, -0.1) is 0 Å². The molecular weight excluding hydrogens is 314 g/mol. The highest BCUT2D eigenvalue weighted by Crippen LogP contribution is 2.25. The van der Waals surface area contributed by atoms with Gasteiger partial charge in [-0.05, 0) is 31.2 Å². The van der Waals surface area contributed by atoms with Crippen LogP contribution in [0.1, 0.15) is 12.5 Å². The van der Waals surface area contributed by atoms with E-state index >= 15 is 0 Å². The number of halogens is 1. The molecule has 0 saturated heterocycles. The van der Waals surface area contributed by atoms with E-state index in [0.717, 1.165) is 10.5 Å². The Kier molecular flexibility index (Phi) is 5.57. The summed E-state index contributed by atoms with van der Waals surface area (Å²) < 4.78 is 6.30. The molecular formula is C13H14BrNO4. The second-order valence-corrected chi connectivity index (χ2v) is 4.64. The third-order valence-corrected chi connectivity index (χ3v) is 2.79. The molecule has 1 rings (SSSR count). The summed E-state index contributed by atoms with van der Waals surface area (Å²) in [5, 5.41) is 11.1. The number of hydrogen-bond acceptors (Lipinski definition) is 3. The van der Waals surface area contributed by atoms with E-state index in [2.05, 4.69) is 21.2 Å². The number of benzene rings is 1. The molecule has 0 heterocycles. The number of carboxylic acid groups (broad SMARTS) is 1. The van der Waals surface area contributed by atoms with Gasteiger partial charge in [0.2, 0.25) is 0 Å². The van der Waals surface area contributed by atoms with Gasteiger partial charge in [0.25, 0.3) is 5.91 Å². The lowest BCUT2D eigenvalue weighted by molar-refractivity contribution is -0.131. The van der Waals surface area contributed by atoms with E-state index in [0.29, 0.717) is 11.3 Å². The van der Waals surface area contributed by atoms with E-state index in [1.165, 1.54) is 13.1 Å². The Hall–Kier alpha value is -1.82. The van der Waals surface area contributed by atoms with Crippen molar-refractivity contribution in [1.29, 1.82) is 0 Å². The number of nitrogens with one attached hydrogen (secondary N) is 1. The van der Waals surface area contributed by atoms with Crippen LogP contribution >= 0.6 is 15.9 Å². The molecule has 0 aliphatic carbocycles. The fourth-order valence-corrected chi connectivity index (χ4v) is 1.74. The maximum Gasteiger partial charge on any atom is 0.328 e. The highest BCUT2D eigenvalue weighted by Gasteiger charge is 2.14. The molecule has 0 aliphatic heterocycles. The minimum absolute atomic E-state index is 0.254. The molecule has 0 aromatic heterocycles.